The predicted molar refractivity (Wildman–Crippen MR) is 94.6 cm³/mol. The van der Waals surface area contributed by atoms with Gasteiger partial charge in [0.15, 0.2) is 5.69 Å². The van der Waals surface area contributed by atoms with Crippen LogP contribution in [0.2, 0.25) is 0 Å². The fourth-order valence-electron chi connectivity index (χ4n) is 2.77. The summed E-state index contributed by atoms with van der Waals surface area (Å²) in [6.07, 6.45) is -3.77. The highest BCUT2D eigenvalue weighted by Crippen LogP contribution is 2.36. The molecular formula is C19H15F4N3O2. The average Bonchev–Trinajstić information content (AvgIpc) is 3.05. The van der Waals surface area contributed by atoms with Crippen LogP contribution in [-0.2, 0) is 13.2 Å². The molecule has 3 rings (SSSR count). The second kappa shape index (κ2) is 7.34. The molecule has 0 aliphatic carbocycles. The topological polar surface area (TPSA) is 56.1 Å². The third-order valence-electron chi connectivity index (χ3n) is 3.97. The largest absolute Gasteiger partial charge is 0.496 e. The number of carbonyl (C=O) groups is 1. The third-order valence-corrected chi connectivity index (χ3v) is 3.97. The van der Waals surface area contributed by atoms with Crippen molar-refractivity contribution in [3.8, 4) is 16.9 Å². The number of hydrogen-bond donors (Lipinski definition) is 1. The van der Waals surface area contributed by atoms with Crippen molar-refractivity contribution in [3.05, 3.63) is 65.7 Å². The van der Waals surface area contributed by atoms with Gasteiger partial charge in [0, 0.05) is 36.1 Å². The van der Waals surface area contributed by atoms with E-state index in [0.717, 1.165) is 10.9 Å². The highest BCUT2D eigenvalue weighted by Gasteiger charge is 2.39. The summed E-state index contributed by atoms with van der Waals surface area (Å²) < 4.78 is 59.0. The zero-order valence-corrected chi connectivity index (χ0v) is 14.8. The predicted octanol–water partition coefficient (Wildman–Crippen LogP) is 4.51. The molecule has 28 heavy (non-hydrogen) atoms. The van der Waals surface area contributed by atoms with Crippen molar-refractivity contribution in [2.24, 2.45) is 7.05 Å². The highest BCUT2D eigenvalue weighted by atomic mass is 19.4. The fraction of sp³-hybridized carbons (Fsp3) is 0.158. The van der Waals surface area contributed by atoms with Gasteiger partial charge < -0.3 is 10.1 Å². The maximum Gasteiger partial charge on any atom is 0.435 e. The Morgan fingerprint density at radius 2 is 1.86 bits per heavy atom. The number of nitrogens with one attached hydrogen (secondary N) is 1. The standard InChI is InChI=1S/C19H15F4N3O2/c1-26-10-14(17(25-26)19(21,22)23)18(27)24-15-6-4-3-5-12(15)13-8-7-11(20)9-16(13)28-2/h3-10H,1-2H3,(H,24,27). The van der Waals surface area contributed by atoms with Crippen molar-refractivity contribution < 1.29 is 27.1 Å². The first-order valence-corrected chi connectivity index (χ1v) is 8.06. The minimum absolute atomic E-state index is 0.221. The molecule has 0 saturated carbocycles. The smallest absolute Gasteiger partial charge is 0.435 e. The van der Waals surface area contributed by atoms with Gasteiger partial charge in [0.05, 0.1) is 12.7 Å². The number of rotatable bonds is 4. The van der Waals surface area contributed by atoms with Gasteiger partial charge >= 0.3 is 6.18 Å². The molecule has 3 aromatic rings. The zero-order chi connectivity index (χ0) is 20.5. The molecule has 0 radical (unpaired) electrons. The number of carbonyl (C=O) groups excluding carboxylic acids is 1. The Morgan fingerprint density at radius 3 is 2.54 bits per heavy atom. The van der Waals surface area contributed by atoms with Gasteiger partial charge in [-0.05, 0) is 18.2 Å². The first kappa shape index (κ1) is 19.4. The van der Waals surface area contributed by atoms with Crippen LogP contribution in [0.25, 0.3) is 11.1 Å². The number of ether oxygens (including phenoxy) is 1. The number of nitrogens with zero attached hydrogens (tertiary/aromatic N) is 2. The lowest BCUT2D eigenvalue weighted by Gasteiger charge is -2.14. The number of anilines is 1. The molecular weight excluding hydrogens is 378 g/mol. The molecule has 0 aliphatic rings. The molecule has 1 amide bonds. The first-order valence-electron chi connectivity index (χ1n) is 8.06. The molecule has 0 saturated heterocycles. The van der Waals surface area contributed by atoms with Crippen molar-refractivity contribution in [2.75, 3.05) is 12.4 Å². The second-order valence-corrected chi connectivity index (χ2v) is 5.91. The van der Waals surface area contributed by atoms with Crippen LogP contribution in [0.3, 0.4) is 0 Å². The van der Waals surface area contributed by atoms with Crippen LogP contribution in [0, 0.1) is 5.82 Å². The lowest BCUT2D eigenvalue weighted by Crippen LogP contribution is -2.18. The van der Waals surface area contributed by atoms with Crippen molar-refractivity contribution in [1.82, 2.24) is 9.78 Å². The van der Waals surface area contributed by atoms with E-state index in [4.69, 9.17) is 4.74 Å². The van der Waals surface area contributed by atoms with Crippen molar-refractivity contribution in [2.45, 2.75) is 6.18 Å². The molecule has 9 heteroatoms. The van der Waals surface area contributed by atoms with E-state index in [2.05, 4.69) is 10.4 Å². The Bertz CT molecular complexity index is 1030. The van der Waals surface area contributed by atoms with Crippen LogP contribution in [0.1, 0.15) is 16.1 Å². The van der Waals surface area contributed by atoms with Crippen LogP contribution in [0.4, 0.5) is 23.2 Å². The van der Waals surface area contributed by atoms with E-state index in [9.17, 15) is 22.4 Å². The van der Waals surface area contributed by atoms with E-state index in [0.29, 0.717) is 11.1 Å². The van der Waals surface area contributed by atoms with Crippen molar-refractivity contribution in [1.29, 1.82) is 0 Å². The number of aryl methyl sites for hydroxylation is 1. The highest BCUT2D eigenvalue weighted by molar-refractivity contribution is 6.07. The summed E-state index contributed by atoms with van der Waals surface area (Å²) in [5.74, 6) is -1.25. The lowest BCUT2D eigenvalue weighted by molar-refractivity contribution is -0.141. The average molecular weight is 393 g/mol. The Labute approximate surface area is 157 Å². The number of hydrogen-bond acceptors (Lipinski definition) is 3. The fourth-order valence-corrected chi connectivity index (χ4v) is 2.77. The summed E-state index contributed by atoms with van der Waals surface area (Å²) in [5.41, 5.74) is -0.693. The van der Waals surface area contributed by atoms with Gasteiger partial charge in [0.1, 0.15) is 11.6 Å². The van der Waals surface area contributed by atoms with Crippen LogP contribution < -0.4 is 10.1 Å². The Kier molecular flexibility index (Phi) is 5.08. The molecule has 0 spiro atoms. The summed E-state index contributed by atoms with van der Waals surface area (Å²) >= 11 is 0. The normalized spacial score (nSPS) is 11.4. The van der Waals surface area contributed by atoms with Crippen LogP contribution in [0.15, 0.2) is 48.7 Å². The third kappa shape index (κ3) is 3.83. The Balaban J connectivity index is 2.01. The number of methoxy groups -OCH3 is 1. The molecule has 0 bridgehead atoms. The minimum Gasteiger partial charge on any atom is -0.496 e. The number of alkyl halides is 3. The quantitative estimate of drug-likeness (QED) is 0.664. The lowest BCUT2D eigenvalue weighted by atomic mass is 10.0. The maximum atomic E-state index is 13.5. The molecule has 0 atom stereocenters. The van der Waals surface area contributed by atoms with Gasteiger partial charge in [0.25, 0.3) is 5.91 Å². The molecule has 1 heterocycles. The molecule has 2 aromatic carbocycles. The molecule has 146 valence electrons. The molecule has 0 unspecified atom stereocenters. The van der Waals surface area contributed by atoms with E-state index in [1.807, 2.05) is 0 Å². The monoisotopic (exact) mass is 393 g/mol. The number of benzene rings is 2. The van der Waals surface area contributed by atoms with Gasteiger partial charge in [-0.15, -0.1) is 0 Å². The zero-order valence-electron chi connectivity index (χ0n) is 14.8. The Morgan fingerprint density at radius 1 is 1.14 bits per heavy atom. The molecule has 1 N–H and O–H groups in total. The van der Waals surface area contributed by atoms with Gasteiger partial charge in [-0.3, -0.25) is 9.48 Å². The number of halogens is 4. The van der Waals surface area contributed by atoms with E-state index < -0.39 is 29.2 Å². The van der Waals surface area contributed by atoms with Crippen molar-refractivity contribution >= 4 is 11.6 Å². The summed E-state index contributed by atoms with van der Waals surface area (Å²) in [6.45, 7) is 0. The van der Waals surface area contributed by atoms with Gasteiger partial charge in [-0.1, -0.05) is 18.2 Å². The molecule has 5 nitrogen and oxygen atoms in total. The van der Waals surface area contributed by atoms with Crippen LogP contribution in [0.5, 0.6) is 5.75 Å². The number of aromatic nitrogens is 2. The molecule has 1 aromatic heterocycles. The van der Waals surface area contributed by atoms with E-state index in [1.165, 1.54) is 38.4 Å². The first-order chi connectivity index (χ1) is 13.2. The van der Waals surface area contributed by atoms with Gasteiger partial charge in [0.2, 0.25) is 0 Å². The van der Waals surface area contributed by atoms with E-state index >= 15 is 0 Å². The molecule has 0 aliphatic heterocycles. The second-order valence-electron chi connectivity index (χ2n) is 5.91. The van der Waals surface area contributed by atoms with E-state index in [-0.39, 0.29) is 11.4 Å². The summed E-state index contributed by atoms with van der Waals surface area (Å²) in [6, 6.07) is 10.3. The summed E-state index contributed by atoms with van der Waals surface area (Å²) in [4.78, 5) is 12.5. The summed E-state index contributed by atoms with van der Waals surface area (Å²) in [7, 11) is 2.66. The van der Waals surface area contributed by atoms with Gasteiger partial charge in [-0.2, -0.15) is 18.3 Å². The number of amides is 1. The maximum absolute atomic E-state index is 13.5. The molecule has 0 fully saturated rings. The van der Waals surface area contributed by atoms with Crippen LogP contribution in [-0.4, -0.2) is 22.8 Å². The van der Waals surface area contributed by atoms with Gasteiger partial charge in [-0.25, -0.2) is 4.39 Å². The van der Waals surface area contributed by atoms with Crippen LogP contribution >= 0.6 is 0 Å². The van der Waals surface area contributed by atoms with E-state index in [1.54, 1.807) is 18.2 Å². The van der Waals surface area contributed by atoms with Crippen molar-refractivity contribution in [3.63, 3.8) is 0 Å². The number of para-hydroxylation sites is 1. The minimum atomic E-state index is -4.77. The Hall–Kier alpha value is -3.36. The SMILES string of the molecule is COc1cc(F)ccc1-c1ccccc1NC(=O)c1cn(C)nc1C(F)(F)F. The summed E-state index contributed by atoms with van der Waals surface area (Å²) in [5, 5.41) is 5.81.